The molecule has 0 aromatic heterocycles. The number of nitro groups is 1. The summed E-state index contributed by atoms with van der Waals surface area (Å²) in [4.78, 5) is 8.30. The summed E-state index contributed by atoms with van der Waals surface area (Å²) in [5.41, 5.74) is 10.7. The van der Waals surface area contributed by atoms with Crippen molar-refractivity contribution < 1.29 is 133 Å². The maximum atomic E-state index is 11.9. The van der Waals surface area contributed by atoms with Gasteiger partial charge < -0.3 is 25.1 Å². The van der Waals surface area contributed by atoms with Crippen LogP contribution in [0.4, 0.5) is 51.2 Å². The molecule has 4 N–H and O–H groups in total. The molecule has 0 spiro atoms. The van der Waals surface area contributed by atoms with E-state index in [0.29, 0.717) is 29.0 Å². The predicted molar refractivity (Wildman–Crippen MR) is 193 cm³/mol. The summed E-state index contributed by atoms with van der Waals surface area (Å²) < 4.78 is 106. The zero-order valence-electron chi connectivity index (χ0n) is 30.2. The summed E-state index contributed by atoms with van der Waals surface area (Å²) in [6.45, 7) is 0. The standard InChI is InChI=1S/C32H23N9O11S3.3Na/c33-23-15-24(34)31(41(42)43)16-29(23)39-38-28-11-10-27(21-7-5-17(13-22(21)28)53(44,45)46)36-35-25-8-9-26(20-4-2-1-3-19(20)25)37-40-30-14-18(54(47,48)49)6-12-32(30)55(50,51)52;;;/h1-16H,33-34H2,(H,44,45,46)(H,47,48,49)(H,50,51,52);;;/q;3*+1/p-3. The second kappa shape index (κ2) is 19.2. The Morgan fingerprint density at radius 2 is 0.862 bits per heavy atom. The monoisotopic (exact) mass is 871 g/mol. The largest absolute Gasteiger partial charge is 1.00 e. The second-order valence-electron chi connectivity index (χ2n) is 11.3. The van der Waals surface area contributed by atoms with Crippen LogP contribution in [-0.2, 0) is 30.4 Å². The summed E-state index contributed by atoms with van der Waals surface area (Å²) in [5, 5.41) is 37.1. The smallest absolute Gasteiger partial charge is 0.744 e. The van der Waals surface area contributed by atoms with Gasteiger partial charge in [-0.15, -0.1) is 30.7 Å². The van der Waals surface area contributed by atoms with E-state index < -0.39 is 61.3 Å². The van der Waals surface area contributed by atoms with Crippen molar-refractivity contribution in [1.82, 2.24) is 0 Å². The van der Waals surface area contributed by atoms with Crippen molar-refractivity contribution in [2.24, 2.45) is 30.7 Å². The minimum Gasteiger partial charge on any atom is -0.744 e. The summed E-state index contributed by atoms with van der Waals surface area (Å²) >= 11 is 0. The van der Waals surface area contributed by atoms with E-state index in [2.05, 4.69) is 30.7 Å². The van der Waals surface area contributed by atoms with Crippen LogP contribution in [0.1, 0.15) is 0 Å². The molecule has 26 heteroatoms. The minimum absolute atomic E-state index is 0. The van der Waals surface area contributed by atoms with Crippen molar-refractivity contribution in [3.05, 3.63) is 107 Å². The molecule has 20 nitrogen and oxygen atoms in total. The Bertz CT molecular complexity index is 3050. The third kappa shape index (κ3) is 10.9. The fraction of sp³-hybridized carbons (Fsp3) is 0. The molecule has 6 aromatic carbocycles. The number of hydrogen-bond acceptors (Lipinski definition) is 19. The first kappa shape index (κ1) is 48.7. The van der Waals surface area contributed by atoms with Gasteiger partial charge in [-0.25, -0.2) is 25.3 Å². The fourth-order valence-corrected chi connectivity index (χ4v) is 6.77. The van der Waals surface area contributed by atoms with Crippen LogP contribution >= 0.6 is 0 Å². The molecule has 0 atom stereocenters. The van der Waals surface area contributed by atoms with Gasteiger partial charge >= 0.3 is 88.7 Å². The van der Waals surface area contributed by atoms with Gasteiger partial charge in [-0.1, -0.05) is 30.3 Å². The van der Waals surface area contributed by atoms with Crippen molar-refractivity contribution in [1.29, 1.82) is 0 Å². The maximum absolute atomic E-state index is 11.9. The first-order valence-electron chi connectivity index (χ1n) is 15.0. The van der Waals surface area contributed by atoms with Gasteiger partial charge in [-0.2, -0.15) is 0 Å². The van der Waals surface area contributed by atoms with E-state index in [9.17, 15) is 49.0 Å². The van der Waals surface area contributed by atoms with Gasteiger partial charge in [0.05, 0.1) is 48.0 Å². The van der Waals surface area contributed by atoms with Crippen molar-refractivity contribution in [2.45, 2.75) is 14.7 Å². The van der Waals surface area contributed by atoms with Crippen molar-refractivity contribution in [3.8, 4) is 0 Å². The molecule has 0 radical (unpaired) electrons. The average molecular weight is 872 g/mol. The number of hydrogen-bond donors (Lipinski definition) is 2. The van der Waals surface area contributed by atoms with E-state index in [1.807, 2.05) is 0 Å². The van der Waals surface area contributed by atoms with Crippen LogP contribution in [-0.4, -0.2) is 43.8 Å². The number of nitro benzene ring substituents is 1. The zero-order chi connectivity index (χ0) is 39.9. The molecular weight excluding hydrogens is 852 g/mol. The first-order valence-corrected chi connectivity index (χ1v) is 19.2. The Morgan fingerprint density at radius 3 is 1.33 bits per heavy atom. The van der Waals surface area contributed by atoms with Gasteiger partial charge in [-0.3, -0.25) is 10.1 Å². The van der Waals surface area contributed by atoms with Gasteiger partial charge in [-0.05, 0) is 60.7 Å². The van der Waals surface area contributed by atoms with Gasteiger partial charge in [0.15, 0.2) is 0 Å². The van der Waals surface area contributed by atoms with Crippen molar-refractivity contribution in [3.63, 3.8) is 0 Å². The molecule has 0 aliphatic rings. The van der Waals surface area contributed by atoms with Gasteiger partial charge in [0.1, 0.15) is 47.4 Å². The normalized spacial score (nSPS) is 12.1. The van der Waals surface area contributed by atoms with E-state index in [1.165, 1.54) is 30.3 Å². The number of rotatable bonds is 10. The average Bonchev–Trinajstić information content (AvgIpc) is 3.11. The first-order chi connectivity index (χ1) is 25.8. The Hall–Kier alpha value is -3.63. The maximum Gasteiger partial charge on any atom is 1.00 e. The van der Waals surface area contributed by atoms with Gasteiger partial charge in [0, 0.05) is 27.6 Å². The number of fused-ring (bicyclic) bond motifs is 2. The summed E-state index contributed by atoms with van der Waals surface area (Å²) in [6, 6.07) is 19.8. The summed E-state index contributed by atoms with van der Waals surface area (Å²) in [5.74, 6) is 0. The molecule has 0 heterocycles. The van der Waals surface area contributed by atoms with Crippen molar-refractivity contribution in [2.75, 3.05) is 11.5 Å². The van der Waals surface area contributed by atoms with Crippen LogP contribution in [0.15, 0.2) is 142 Å². The van der Waals surface area contributed by atoms with Crippen LogP contribution in [0.5, 0.6) is 0 Å². The van der Waals surface area contributed by atoms with E-state index in [-0.39, 0.29) is 139 Å². The molecule has 0 bridgehead atoms. The van der Waals surface area contributed by atoms with E-state index >= 15 is 0 Å². The third-order valence-electron chi connectivity index (χ3n) is 7.77. The second-order valence-corrected chi connectivity index (χ2v) is 15.4. The molecule has 58 heavy (non-hydrogen) atoms. The zero-order valence-corrected chi connectivity index (χ0v) is 38.7. The number of nitrogens with two attached hydrogens (primary N) is 2. The molecule has 0 aliphatic heterocycles. The molecule has 6 rings (SSSR count). The molecule has 6 aromatic rings. The number of azo groups is 3. The molecule has 280 valence electrons. The van der Waals surface area contributed by atoms with Crippen LogP contribution in [0.2, 0.25) is 0 Å². The Labute approximate surface area is 395 Å². The molecule has 0 amide bonds. The number of nitrogen functional groups attached to an aromatic ring is 2. The topological polar surface area (TPSA) is 341 Å². The number of nitrogens with zero attached hydrogens (tertiary/aromatic N) is 7. The SMILES string of the molecule is Nc1cc(N)c([N+](=O)[O-])cc1N=Nc1ccc(N=Nc2ccc(N=Nc3cc(S(=O)(=O)[O-])ccc3S(=O)(=O)[O-])c3ccccc23)c2ccc(S(=O)(=O)[O-])cc12.[Na+].[Na+].[Na+]. The number of benzene rings is 6. The van der Waals surface area contributed by atoms with Crippen LogP contribution in [0.3, 0.4) is 0 Å². The molecule has 0 saturated carbocycles. The quantitative estimate of drug-likeness (QED) is 0.0378. The van der Waals surface area contributed by atoms with Crippen molar-refractivity contribution >= 4 is 103 Å². The van der Waals surface area contributed by atoms with Gasteiger partial charge in [0.25, 0.3) is 5.69 Å². The molecule has 0 saturated heterocycles. The Kier molecular flexibility index (Phi) is 16.1. The summed E-state index contributed by atoms with van der Waals surface area (Å²) in [6.07, 6.45) is 0. The Balaban J connectivity index is 0.00000300. The van der Waals surface area contributed by atoms with Crippen LogP contribution in [0.25, 0.3) is 21.5 Å². The van der Waals surface area contributed by atoms with Crippen LogP contribution < -0.4 is 100 Å². The van der Waals surface area contributed by atoms with E-state index in [4.69, 9.17) is 11.5 Å². The van der Waals surface area contributed by atoms with Gasteiger partial charge in [0.2, 0.25) is 0 Å². The predicted octanol–water partition coefficient (Wildman–Crippen LogP) is -1.96. The molecule has 0 unspecified atom stereocenters. The third-order valence-corrected chi connectivity index (χ3v) is 10.3. The number of anilines is 2. The summed E-state index contributed by atoms with van der Waals surface area (Å²) in [7, 11) is -15.1. The minimum atomic E-state index is -5.15. The molecule has 0 fully saturated rings. The van der Waals surface area contributed by atoms with Crippen LogP contribution in [0, 0.1) is 10.1 Å². The molecule has 0 aliphatic carbocycles. The van der Waals surface area contributed by atoms with E-state index in [0.717, 1.165) is 24.3 Å². The molecular formula is C32H20N9Na3O11S3. The fourth-order valence-electron chi connectivity index (χ4n) is 5.19. The Morgan fingerprint density at radius 1 is 0.448 bits per heavy atom. The van der Waals surface area contributed by atoms with E-state index in [1.54, 1.807) is 24.3 Å².